The van der Waals surface area contributed by atoms with Gasteiger partial charge in [0.15, 0.2) is 0 Å². The van der Waals surface area contributed by atoms with Crippen molar-refractivity contribution in [1.82, 2.24) is 5.32 Å². The van der Waals surface area contributed by atoms with E-state index in [9.17, 15) is 4.79 Å². The molecular formula is C22H23NO2. The largest absolute Gasteiger partial charge is 0.423 e. The van der Waals surface area contributed by atoms with Crippen molar-refractivity contribution in [3.63, 3.8) is 0 Å². The third-order valence-electron chi connectivity index (χ3n) is 5.04. The molecule has 0 bridgehead atoms. The summed E-state index contributed by atoms with van der Waals surface area (Å²) in [6, 6.07) is 13.8. The first kappa shape index (κ1) is 16.1. The first-order valence-electron chi connectivity index (χ1n) is 9.14. The van der Waals surface area contributed by atoms with Crippen molar-refractivity contribution >= 4 is 21.7 Å². The molecule has 1 aliphatic rings. The van der Waals surface area contributed by atoms with Gasteiger partial charge in [0.1, 0.15) is 5.58 Å². The summed E-state index contributed by atoms with van der Waals surface area (Å²) in [5, 5.41) is 6.85. The number of rotatable bonds is 5. The van der Waals surface area contributed by atoms with Gasteiger partial charge in [-0.2, -0.15) is 0 Å². The first-order chi connectivity index (χ1) is 12.3. The normalized spacial score (nSPS) is 14.8. The predicted molar refractivity (Wildman–Crippen MR) is 103 cm³/mol. The Balaban J connectivity index is 1.58. The van der Waals surface area contributed by atoms with E-state index in [1.807, 2.05) is 24.3 Å². The second kappa shape index (κ2) is 7.24. The molecule has 0 aliphatic heterocycles. The number of fused-ring (bicyclic) bond motifs is 3. The number of allylic oxidation sites excluding steroid dienone is 1. The van der Waals surface area contributed by atoms with Crippen molar-refractivity contribution in [2.45, 2.75) is 38.6 Å². The average Bonchev–Trinajstić information content (AvgIpc) is 2.65. The summed E-state index contributed by atoms with van der Waals surface area (Å²) in [5.41, 5.74) is 2.97. The maximum atomic E-state index is 11.9. The Morgan fingerprint density at radius 1 is 1.08 bits per heavy atom. The van der Waals surface area contributed by atoms with Crippen molar-refractivity contribution in [3.05, 3.63) is 70.1 Å². The number of hydrogen-bond donors (Lipinski definition) is 1. The highest BCUT2D eigenvalue weighted by Gasteiger charge is 2.09. The monoisotopic (exact) mass is 333 g/mol. The van der Waals surface area contributed by atoms with Crippen molar-refractivity contribution < 1.29 is 4.42 Å². The lowest BCUT2D eigenvalue weighted by molar-refractivity contribution is 0.556. The average molecular weight is 333 g/mol. The molecule has 3 aromatic rings. The summed E-state index contributed by atoms with van der Waals surface area (Å²) >= 11 is 0. The zero-order valence-corrected chi connectivity index (χ0v) is 14.4. The molecule has 3 heteroatoms. The topological polar surface area (TPSA) is 42.2 Å². The van der Waals surface area contributed by atoms with Crippen LogP contribution in [0, 0.1) is 0 Å². The van der Waals surface area contributed by atoms with Crippen molar-refractivity contribution in [2.75, 3.05) is 6.54 Å². The van der Waals surface area contributed by atoms with Crippen molar-refractivity contribution in [2.24, 2.45) is 0 Å². The lowest BCUT2D eigenvalue weighted by atomic mass is 9.97. The van der Waals surface area contributed by atoms with Gasteiger partial charge in [0.2, 0.25) is 0 Å². The van der Waals surface area contributed by atoms with Crippen LogP contribution in [0.2, 0.25) is 0 Å². The molecule has 1 N–H and O–H groups in total. The Morgan fingerprint density at radius 3 is 2.88 bits per heavy atom. The maximum absolute atomic E-state index is 11.9. The molecule has 1 heterocycles. The van der Waals surface area contributed by atoms with E-state index in [1.54, 1.807) is 11.6 Å². The lowest BCUT2D eigenvalue weighted by Gasteiger charge is -2.13. The molecule has 4 rings (SSSR count). The third-order valence-corrected chi connectivity index (χ3v) is 5.04. The molecule has 0 saturated carbocycles. The van der Waals surface area contributed by atoms with Gasteiger partial charge in [0.25, 0.3) is 0 Å². The summed E-state index contributed by atoms with van der Waals surface area (Å²) in [4.78, 5) is 11.9. The second-order valence-corrected chi connectivity index (χ2v) is 6.79. The molecule has 0 amide bonds. The van der Waals surface area contributed by atoms with Crippen molar-refractivity contribution in [3.8, 4) is 0 Å². The van der Waals surface area contributed by atoms with Gasteiger partial charge in [0, 0.05) is 18.0 Å². The maximum Gasteiger partial charge on any atom is 0.336 e. The molecule has 0 saturated heterocycles. The number of benzene rings is 2. The summed E-state index contributed by atoms with van der Waals surface area (Å²) in [7, 11) is 0. The van der Waals surface area contributed by atoms with Crippen LogP contribution in [0.25, 0.3) is 21.7 Å². The van der Waals surface area contributed by atoms with E-state index in [1.165, 1.54) is 25.7 Å². The number of nitrogens with one attached hydrogen (secondary N) is 1. The first-order valence-corrected chi connectivity index (χ1v) is 9.14. The van der Waals surface area contributed by atoms with Gasteiger partial charge < -0.3 is 9.73 Å². The summed E-state index contributed by atoms with van der Waals surface area (Å²) in [6.07, 6.45) is 8.61. The van der Waals surface area contributed by atoms with E-state index in [-0.39, 0.29) is 5.63 Å². The van der Waals surface area contributed by atoms with E-state index in [2.05, 4.69) is 23.5 Å². The Kier molecular flexibility index (Phi) is 4.66. The molecule has 0 radical (unpaired) electrons. The minimum Gasteiger partial charge on any atom is -0.423 e. The fourth-order valence-electron chi connectivity index (χ4n) is 3.76. The SMILES string of the molecule is O=c1cc(CNCCC2=CCCCC2)c2c(ccc3ccccc32)o1. The van der Waals surface area contributed by atoms with Crippen molar-refractivity contribution in [1.29, 1.82) is 0 Å². The molecule has 2 aromatic carbocycles. The van der Waals surface area contributed by atoms with Crippen LogP contribution >= 0.6 is 0 Å². The molecule has 25 heavy (non-hydrogen) atoms. The molecule has 0 spiro atoms. The highest BCUT2D eigenvalue weighted by atomic mass is 16.4. The van der Waals surface area contributed by atoms with Gasteiger partial charge in [-0.05, 0) is 61.1 Å². The summed E-state index contributed by atoms with van der Waals surface area (Å²) < 4.78 is 5.42. The zero-order chi connectivity index (χ0) is 17.1. The van der Waals surface area contributed by atoms with Crippen LogP contribution in [-0.4, -0.2) is 6.54 Å². The van der Waals surface area contributed by atoms with E-state index >= 15 is 0 Å². The Morgan fingerprint density at radius 2 is 2.00 bits per heavy atom. The van der Waals surface area contributed by atoms with E-state index in [0.29, 0.717) is 12.1 Å². The van der Waals surface area contributed by atoms with E-state index < -0.39 is 0 Å². The van der Waals surface area contributed by atoms with Gasteiger partial charge in [-0.1, -0.05) is 42.0 Å². The predicted octanol–water partition coefficient (Wildman–Crippen LogP) is 4.93. The zero-order valence-electron chi connectivity index (χ0n) is 14.4. The molecule has 0 fully saturated rings. The van der Waals surface area contributed by atoms with Gasteiger partial charge in [-0.3, -0.25) is 0 Å². The van der Waals surface area contributed by atoms with Gasteiger partial charge in [-0.15, -0.1) is 0 Å². The third kappa shape index (κ3) is 3.52. The van der Waals surface area contributed by atoms with Crippen LogP contribution in [0.5, 0.6) is 0 Å². The van der Waals surface area contributed by atoms with Crippen LogP contribution in [-0.2, 0) is 6.54 Å². The summed E-state index contributed by atoms with van der Waals surface area (Å²) in [5.74, 6) is 0. The molecule has 0 unspecified atom stereocenters. The van der Waals surface area contributed by atoms with Crippen LogP contribution < -0.4 is 10.9 Å². The minimum absolute atomic E-state index is 0.283. The molecule has 128 valence electrons. The summed E-state index contributed by atoms with van der Waals surface area (Å²) in [6.45, 7) is 1.63. The van der Waals surface area contributed by atoms with Crippen LogP contribution in [0.1, 0.15) is 37.7 Å². The van der Waals surface area contributed by atoms with Gasteiger partial charge in [0.05, 0.1) is 0 Å². The minimum atomic E-state index is -0.283. The van der Waals surface area contributed by atoms with E-state index in [4.69, 9.17) is 4.42 Å². The quantitative estimate of drug-likeness (QED) is 0.312. The standard InChI is InChI=1S/C22H23NO2/c24-21-14-18(15-23-13-12-16-6-2-1-3-7-16)22-19-9-5-4-8-17(19)10-11-20(22)25-21/h4-6,8-11,14,23H,1-3,7,12-13,15H2. The fraction of sp³-hybridized carbons (Fsp3) is 0.318. The van der Waals surface area contributed by atoms with Crippen LogP contribution in [0.4, 0.5) is 0 Å². The van der Waals surface area contributed by atoms with Crippen LogP contribution in [0.3, 0.4) is 0 Å². The Bertz CT molecular complexity index is 984. The second-order valence-electron chi connectivity index (χ2n) is 6.79. The lowest BCUT2D eigenvalue weighted by Crippen LogP contribution is -2.17. The molecular weight excluding hydrogens is 310 g/mol. The molecule has 3 nitrogen and oxygen atoms in total. The fourth-order valence-corrected chi connectivity index (χ4v) is 3.76. The molecule has 0 atom stereocenters. The number of hydrogen-bond acceptors (Lipinski definition) is 3. The molecule has 1 aromatic heterocycles. The highest BCUT2D eigenvalue weighted by Crippen LogP contribution is 2.27. The van der Waals surface area contributed by atoms with Gasteiger partial charge in [-0.25, -0.2) is 4.79 Å². The highest BCUT2D eigenvalue weighted by molar-refractivity contribution is 6.07. The van der Waals surface area contributed by atoms with Gasteiger partial charge >= 0.3 is 5.63 Å². The smallest absolute Gasteiger partial charge is 0.336 e. The Hall–Kier alpha value is -2.39. The Labute approximate surface area is 147 Å². The van der Waals surface area contributed by atoms with E-state index in [0.717, 1.165) is 34.7 Å². The molecule has 1 aliphatic carbocycles. The van der Waals surface area contributed by atoms with Crippen LogP contribution in [0.15, 0.2) is 63.3 Å².